The van der Waals surface area contributed by atoms with Crippen molar-refractivity contribution in [1.29, 1.82) is 0 Å². The standard InChI is InChI=1S/C38H63N4O13P/c1-6-21-49-28-31-52-25-18-39-34(43)12-15-38(42-37(46)11-9-10-24-55-56(5,47)48-4,16-13-35(44)40-19-26-53-32-29-50-22-7-2)17-14-36(45)41-20-27-54-33-30-51-23-8-3/h1-3H,9-33H2,4-5H3,(H,39,43)(H,40,44)(H,41,45)(H,42,46). The van der Waals surface area contributed by atoms with Gasteiger partial charge in [-0.15, -0.1) is 19.3 Å². The molecule has 318 valence electrons. The third-order valence-corrected chi connectivity index (χ3v) is 9.04. The fraction of sp³-hybridized carbons (Fsp3) is 0.737. The zero-order valence-corrected chi connectivity index (χ0v) is 34.1. The maximum Gasteiger partial charge on any atom is 0.327 e. The number of nitrogens with one attached hydrogen (secondary N) is 4. The van der Waals surface area contributed by atoms with Gasteiger partial charge in [-0.3, -0.25) is 23.7 Å². The molecule has 0 saturated heterocycles. The highest BCUT2D eigenvalue weighted by Gasteiger charge is 2.33. The Balaban J connectivity index is 5.58. The van der Waals surface area contributed by atoms with Crippen molar-refractivity contribution in [2.24, 2.45) is 0 Å². The first-order valence-corrected chi connectivity index (χ1v) is 20.7. The molecule has 0 aromatic carbocycles. The summed E-state index contributed by atoms with van der Waals surface area (Å²) in [4.78, 5) is 52.2. The van der Waals surface area contributed by atoms with Crippen LogP contribution >= 0.6 is 7.60 Å². The second-order valence-corrected chi connectivity index (χ2v) is 14.4. The van der Waals surface area contributed by atoms with Gasteiger partial charge in [0.2, 0.25) is 23.6 Å². The fourth-order valence-corrected chi connectivity index (χ4v) is 5.32. The molecule has 4 N–H and O–H groups in total. The average Bonchev–Trinajstić information content (AvgIpc) is 3.18. The van der Waals surface area contributed by atoms with E-state index in [9.17, 15) is 23.7 Å². The summed E-state index contributed by atoms with van der Waals surface area (Å²) in [5.74, 6) is 5.87. The van der Waals surface area contributed by atoms with E-state index < -0.39 is 13.1 Å². The van der Waals surface area contributed by atoms with Crippen molar-refractivity contribution >= 4 is 31.2 Å². The van der Waals surface area contributed by atoms with Crippen molar-refractivity contribution in [3.63, 3.8) is 0 Å². The Morgan fingerprint density at radius 2 is 0.911 bits per heavy atom. The van der Waals surface area contributed by atoms with Crippen molar-refractivity contribution in [3.8, 4) is 37.0 Å². The topological polar surface area (TPSA) is 207 Å². The summed E-state index contributed by atoms with van der Waals surface area (Å²) >= 11 is 0. The van der Waals surface area contributed by atoms with Crippen LogP contribution in [0.25, 0.3) is 0 Å². The second kappa shape index (κ2) is 35.9. The molecule has 0 heterocycles. The highest BCUT2D eigenvalue weighted by molar-refractivity contribution is 7.52. The third-order valence-electron chi connectivity index (χ3n) is 7.73. The van der Waals surface area contributed by atoms with Gasteiger partial charge in [-0.1, -0.05) is 17.8 Å². The molecule has 56 heavy (non-hydrogen) atoms. The van der Waals surface area contributed by atoms with Crippen LogP contribution in [0, 0.1) is 37.0 Å². The van der Waals surface area contributed by atoms with E-state index in [4.69, 9.17) is 56.7 Å². The second-order valence-electron chi connectivity index (χ2n) is 12.2. The van der Waals surface area contributed by atoms with Gasteiger partial charge in [0, 0.05) is 64.6 Å². The molecule has 1 atom stereocenters. The van der Waals surface area contributed by atoms with E-state index in [1.54, 1.807) is 0 Å². The van der Waals surface area contributed by atoms with Crippen LogP contribution in [-0.2, 0) is 61.2 Å². The monoisotopic (exact) mass is 814 g/mol. The first-order chi connectivity index (χ1) is 27.0. The molecule has 0 fully saturated rings. The number of hydrogen-bond acceptors (Lipinski definition) is 13. The summed E-state index contributed by atoms with van der Waals surface area (Å²) in [6.45, 7) is 5.42. The van der Waals surface area contributed by atoms with Gasteiger partial charge in [0.05, 0.1) is 66.1 Å². The van der Waals surface area contributed by atoms with Crippen molar-refractivity contribution in [2.75, 3.05) is 119 Å². The van der Waals surface area contributed by atoms with Crippen molar-refractivity contribution in [1.82, 2.24) is 21.3 Å². The van der Waals surface area contributed by atoms with Gasteiger partial charge < -0.3 is 58.7 Å². The van der Waals surface area contributed by atoms with E-state index in [2.05, 4.69) is 39.0 Å². The number of terminal acetylenes is 3. The zero-order chi connectivity index (χ0) is 41.6. The van der Waals surface area contributed by atoms with Crippen molar-refractivity contribution in [3.05, 3.63) is 0 Å². The predicted molar refractivity (Wildman–Crippen MR) is 209 cm³/mol. The highest BCUT2D eigenvalue weighted by Crippen LogP contribution is 2.42. The number of carbonyl (C=O) groups is 4. The summed E-state index contributed by atoms with van der Waals surface area (Å²) < 4.78 is 53.9. The minimum absolute atomic E-state index is 0.00336. The molecule has 0 saturated carbocycles. The lowest BCUT2D eigenvalue weighted by Crippen LogP contribution is -2.50. The Hall–Kier alpha value is -3.53. The van der Waals surface area contributed by atoms with Crippen LogP contribution in [0.4, 0.5) is 0 Å². The maximum absolute atomic E-state index is 13.4. The Kier molecular flexibility index (Phi) is 33.6. The fourth-order valence-electron chi connectivity index (χ4n) is 4.76. The first kappa shape index (κ1) is 52.5. The quantitative estimate of drug-likeness (QED) is 0.0393. The van der Waals surface area contributed by atoms with E-state index >= 15 is 0 Å². The van der Waals surface area contributed by atoms with Gasteiger partial charge in [0.1, 0.15) is 19.8 Å². The minimum atomic E-state index is -3.16. The van der Waals surface area contributed by atoms with Crippen LogP contribution < -0.4 is 21.3 Å². The molecule has 0 radical (unpaired) electrons. The summed E-state index contributed by atoms with van der Waals surface area (Å²) in [6, 6.07) is 0. The molecule has 4 amide bonds. The Labute approximate surface area is 332 Å². The van der Waals surface area contributed by atoms with E-state index in [1.807, 2.05) is 0 Å². The molecule has 0 aliphatic heterocycles. The number of hydrogen-bond donors (Lipinski definition) is 4. The largest absolute Gasteiger partial charge is 0.377 e. The SMILES string of the molecule is C#CCOCCOCCNC(=O)CCC(CCC(=O)NCCOCCOCC#C)(CCC(=O)NCCOCCOCC#C)NC(=O)CCCCOP(C)(=O)OC. The first-order valence-electron chi connectivity index (χ1n) is 18.7. The molecule has 0 aromatic rings. The van der Waals surface area contributed by atoms with E-state index in [-0.39, 0.29) is 134 Å². The maximum atomic E-state index is 13.4. The zero-order valence-electron chi connectivity index (χ0n) is 33.2. The van der Waals surface area contributed by atoms with Crippen LogP contribution in [0.3, 0.4) is 0 Å². The van der Waals surface area contributed by atoms with E-state index in [1.165, 1.54) is 13.8 Å². The van der Waals surface area contributed by atoms with Gasteiger partial charge in [-0.2, -0.15) is 0 Å². The summed E-state index contributed by atoms with van der Waals surface area (Å²) in [6.07, 6.45) is 16.8. The van der Waals surface area contributed by atoms with Crippen molar-refractivity contribution < 1.29 is 61.2 Å². The number of amides is 4. The summed E-state index contributed by atoms with van der Waals surface area (Å²) in [7, 11) is -1.86. The van der Waals surface area contributed by atoms with Crippen LogP contribution in [0.1, 0.15) is 57.8 Å². The lowest BCUT2D eigenvalue weighted by Gasteiger charge is -2.35. The highest BCUT2D eigenvalue weighted by atomic mass is 31.2. The summed E-state index contributed by atoms with van der Waals surface area (Å²) in [5.41, 5.74) is -1.10. The molecule has 0 aliphatic carbocycles. The molecular formula is C38H63N4O13P. The van der Waals surface area contributed by atoms with E-state index in [0.29, 0.717) is 52.5 Å². The number of carbonyl (C=O) groups excluding carboxylic acids is 4. The number of ether oxygens (including phenoxy) is 6. The van der Waals surface area contributed by atoms with Crippen LogP contribution in [0.5, 0.6) is 0 Å². The van der Waals surface area contributed by atoms with Crippen LogP contribution in [-0.4, -0.2) is 148 Å². The van der Waals surface area contributed by atoms with Crippen LogP contribution in [0.2, 0.25) is 0 Å². The lowest BCUT2D eigenvalue weighted by molar-refractivity contribution is -0.127. The van der Waals surface area contributed by atoms with Crippen LogP contribution in [0.15, 0.2) is 0 Å². The average molecular weight is 815 g/mol. The molecule has 0 rings (SSSR count). The third kappa shape index (κ3) is 32.7. The lowest BCUT2D eigenvalue weighted by atomic mass is 9.83. The molecule has 0 bridgehead atoms. The predicted octanol–water partition coefficient (Wildman–Crippen LogP) is 1.19. The summed E-state index contributed by atoms with van der Waals surface area (Å²) in [5, 5.41) is 11.5. The molecule has 18 heteroatoms. The Bertz CT molecular complexity index is 1150. The Morgan fingerprint density at radius 1 is 0.536 bits per heavy atom. The van der Waals surface area contributed by atoms with Gasteiger partial charge in [0.15, 0.2) is 0 Å². The Morgan fingerprint density at radius 3 is 1.27 bits per heavy atom. The molecule has 17 nitrogen and oxygen atoms in total. The minimum Gasteiger partial charge on any atom is -0.377 e. The van der Waals surface area contributed by atoms with Gasteiger partial charge in [0.25, 0.3) is 0 Å². The van der Waals surface area contributed by atoms with Gasteiger partial charge in [-0.05, 0) is 32.1 Å². The van der Waals surface area contributed by atoms with Crippen molar-refractivity contribution in [2.45, 2.75) is 63.3 Å². The molecular weight excluding hydrogens is 751 g/mol. The van der Waals surface area contributed by atoms with Gasteiger partial charge in [-0.25, -0.2) is 0 Å². The normalized spacial score (nSPS) is 12.1. The smallest absolute Gasteiger partial charge is 0.327 e. The molecule has 0 aliphatic rings. The molecule has 0 aromatic heterocycles. The number of rotatable bonds is 38. The van der Waals surface area contributed by atoms with Gasteiger partial charge >= 0.3 is 7.60 Å². The number of unbranched alkanes of at least 4 members (excludes halogenated alkanes) is 1. The van der Waals surface area contributed by atoms with E-state index in [0.717, 1.165) is 0 Å². The molecule has 0 spiro atoms. The molecule has 1 unspecified atom stereocenters.